The lowest BCUT2D eigenvalue weighted by molar-refractivity contribution is 0.415. The van der Waals surface area contributed by atoms with Crippen LogP contribution in [0, 0.1) is 0 Å². The number of halogens is 1. The van der Waals surface area contributed by atoms with Crippen molar-refractivity contribution in [2.24, 2.45) is 0 Å². The van der Waals surface area contributed by atoms with Crippen LogP contribution in [0.15, 0.2) is 22.7 Å². The van der Waals surface area contributed by atoms with Crippen LogP contribution in [0.3, 0.4) is 0 Å². The molecular weight excluding hydrogens is 286 g/mol. The molecule has 0 aromatic heterocycles. The van der Waals surface area contributed by atoms with E-state index in [1.807, 2.05) is 30.0 Å². The van der Waals surface area contributed by atoms with E-state index in [0.717, 1.165) is 22.5 Å². The van der Waals surface area contributed by atoms with E-state index in [9.17, 15) is 0 Å². The van der Waals surface area contributed by atoms with Gasteiger partial charge in [0.15, 0.2) is 0 Å². The number of nitrogens with one attached hydrogen (secondary N) is 1. The van der Waals surface area contributed by atoms with Crippen LogP contribution >= 0.6 is 27.7 Å². The Kier molecular flexibility index (Phi) is 6.73. The SMILES string of the molecule is CCSCCCNc1cc(OC)ccc1Br. The molecule has 4 heteroatoms. The Labute approximate surface area is 110 Å². The van der Waals surface area contributed by atoms with Crippen molar-refractivity contribution in [3.8, 4) is 5.75 Å². The van der Waals surface area contributed by atoms with Gasteiger partial charge < -0.3 is 10.1 Å². The molecule has 1 aromatic carbocycles. The lowest BCUT2D eigenvalue weighted by Gasteiger charge is -2.10. The maximum Gasteiger partial charge on any atom is 0.121 e. The molecule has 0 fully saturated rings. The van der Waals surface area contributed by atoms with Gasteiger partial charge in [0.05, 0.1) is 12.8 Å². The second-order valence-electron chi connectivity index (χ2n) is 3.32. The molecule has 1 N–H and O–H groups in total. The average molecular weight is 304 g/mol. The van der Waals surface area contributed by atoms with E-state index in [2.05, 4.69) is 28.2 Å². The molecule has 0 unspecified atom stereocenters. The molecule has 0 atom stereocenters. The van der Waals surface area contributed by atoms with E-state index < -0.39 is 0 Å². The number of benzene rings is 1. The second kappa shape index (κ2) is 7.85. The molecule has 16 heavy (non-hydrogen) atoms. The summed E-state index contributed by atoms with van der Waals surface area (Å²) in [5.41, 5.74) is 1.10. The van der Waals surface area contributed by atoms with Crippen molar-refractivity contribution in [2.45, 2.75) is 13.3 Å². The summed E-state index contributed by atoms with van der Waals surface area (Å²) in [5.74, 6) is 3.29. The summed E-state index contributed by atoms with van der Waals surface area (Å²) in [7, 11) is 1.69. The van der Waals surface area contributed by atoms with Gasteiger partial charge in [-0.25, -0.2) is 0 Å². The largest absolute Gasteiger partial charge is 0.497 e. The fraction of sp³-hybridized carbons (Fsp3) is 0.500. The minimum absolute atomic E-state index is 0.883. The van der Waals surface area contributed by atoms with Gasteiger partial charge in [-0.05, 0) is 46.0 Å². The van der Waals surface area contributed by atoms with Crippen LogP contribution in [0.1, 0.15) is 13.3 Å². The van der Waals surface area contributed by atoms with Crippen LogP contribution in [0.4, 0.5) is 5.69 Å². The van der Waals surface area contributed by atoms with E-state index in [4.69, 9.17) is 4.74 Å². The Hall–Kier alpha value is -0.350. The zero-order valence-corrected chi connectivity index (χ0v) is 12.2. The smallest absolute Gasteiger partial charge is 0.121 e. The molecule has 1 rings (SSSR count). The lowest BCUT2D eigenvalue weighted by atomic mass is 10.3. The highest BCUT2D eigenvalue weighted by molar-refractivity contribution is 9.10. The fourth-order valence-electron chi connectivity index (χ4n) is 1.31. The van der Waals surface area contributed by atoms with Crippen molar-refractivity contribution in [2.75, 3.05) is 30.5 Å². The van der Waals surface area contributed by atoms with Gasteiger partial charge in [0, 0.05) is 17.1 Å². The number of ether oxygens (including phenoxy) is 1. The van der Waals surface area contributed by atoms with E-state index >= 15 is 0 Å². The quantitative estimate of drug-likeness (QED) is 0.769. The second-order valence-corrected chi connectivity index (χ2v) is 5.57. The third kappa shape index (κ3) is 4.66. The summed E-state index contributed by atoms with van der Waals surface area (Å²) in [6.45, 7) is 3.19. The van der Waals surface area contributed by atoms with Gasteiger partial charge in [-0.3, -0.25) is 0 Å². The van der Waals surface area contributed by atoms with Gasteiger partial charge in [0.25, 0.3) is 0 Å². The van der Waals surface area contributed by atoms with Gasteiger partial charge in [0.1, 0.15) is 5.75 Å². The highest BCUT2D eigenvalue weighted by Crippen LogP contribution is 2.26. The molecule has 0 radical (unpaired) electrons. The topological polar surface area (TPSA) is 21.3 Å². The number of hydrogen-bond donors (Lipinski definition) is 1. The molecule has 0 saturated carbocycles. The van der Waals surface area contributed by atoms with Crippen LogP contribution in [0.5, 0.6) is 5.75 Å². The predicted octanol–water partition coefficient (Wildman–Crippen LogP) is 4.01. The molecule has 0 saturated heterocycles. The van der Waals surface area contributed by atoms with E-state index in [1.165, 1.54) is 17.9 Å². The van der Waals surface area contributed by atoms with Crippen LogP contribution in [0.25, 0.3) is 0 Å². The molecule has 0 amide bonds. The van der Waals surface area contributed by atoms with Crippen molar-refractivity contribution in [1.82, 2.24) is 0 Å². The maximum absolute atomic E-state index is 5.19. The van der Waals surface area contributed by atoms with E-state index in [-0.39, 0.29) is 0 Å². The number of methoxy groups -OCH3 is 1. The fourth-order valence-corrected chi connectivity index (χ4v) is 2.33. The molecule has 0 aliphatic heterocycles. The summed E-state index contributed by atoms with van der Waals surface area (Å²) in [5, 5.41) is 3.41. The Morgan fingerprint density at radius 3 is 2.94 bits per heavy atom. The van der Waals surface area contributed by atoms with Gasteiger partial charge in [-0.1, -0.05) is 6.92 Å². The first-order valence-electron chi connectivity index (χ1n) is 5.43. The van der Waals surface area contributed by atoms with Crippen molar-refractivity contribution in [1.29, 1.82) is 0 Å². The summed E-state index contributed by atoms with van der Waals surface area (Å²) in [4.78, 5) is 0. The third-order valence-electron chi connectivity index (χ3n) is 2.16. The summed E-state index contributed by atoms with van der Waals surface area (Å²) >= 11 is 5.50. The first-order valence-corrected chi connectivity index (χ1v) is 7.38. The van der Waals surface area contributed by atoms with Crippen molar-refractivity contribution >= 4 is 33.4 Å². The molecule has 2 nitrogen and oxygen atoms in total. The standard InChI is InChI=1S/C12H18BrNOS/c1-3-16-8-4-7-14-12-9-10(15-2)5-6-11(12)13/h5-6,9,14H,3-4,7-8H2,1-2H3. The molecule has 0 bridgehead atoms. The summed E-state index contributed by atoms with van der Waals surface area (Å²) in [6.07, 6.45) is 1.18. The maximum atomic E-state index is 5.19. The predicted molar refractivity (Wildman–Crippen MR) is 76.8 cm³/mol. The Bertz CT molecular complexity index is 320. The van der Waals surface area contributed by atoms with Crippen molar-refractivity contribution < 1.29 is 4.74 Å². The van der Waals surface area contributed by atoms with Crippen LogP contribution < -0.4 is 10.1 Å². The minimum atomic E-state index is 0.883. The normalized spacial score (nSPS) is 10.2. The van der Waals surface area contributed by atoms with E-state index in [0.29, 0.717) is 0 Å². The zero-order chi connectivity index (χ0) is 11.8. The van der Waals surface area contributed by atoms with Crippen LogP contribution in [0.2, 0.25) is 0 Å². The number of anilines is 1. The highest BCUT2D eigenvalue weighted by atomic mass is 79.9. The minimum Gasteiger partial charge on any atom is -0.497 e. The van der Waals surface area contributed by atoms with Crippen LogP contribution in [-0.2, 0) is 0 Å². The highest BCUT2D eigenvalue weighted by Gasteiger charge is 2.00. The lowest BCUT2D eigenvalue weighted by Crippen LogP contribution is -2.03. The van der Waals surface area contributed by atoms with Gasteiger partial charge in [-0.15, -0.1) is 0 Å². The summed E-state index contributed by atoms with van der Waals surface area (Å²) in [6, 6.07) is 5.96. The third-order valence-corrected chi connectivity index (χ3v) is 3.84. The zero-order valence-electron chi connectivity index (χ0n) is 9.75. The summed E-state index contributed by atoms with van der Waals surface area (Å²) < 4.78 is 6.27. The molecular formula is C12H18BrNOS. The number of thioether (sulfide) groups is 1. The number of rotatable bonds is 7. The Balaban J connectivity index is 2.40. The molecule has 0 aliphatic rings. The molecule has 90 valence electrons. The number of hydrogen-bond acceptors (Lipinski definition) is 3. The molecule has 0 spiro atoms. The van der Waals surface area contributed by atoms with E-state index in [1.54, 1.807) is 7.11 Å². The monoisotopic (exact) mass is 303 g/mol. The molecule has 0 heterocycles. The Morgan fingerprint density at radius 1 is 1.44 bits per heavy atom. The van der Waals surface area contributed by atoms with Gasteiger partial charge in [0.2, 0.25) is 0 Å². The van der Waals surface area contributed by atoms with Gasteiger partial charge >= 0.3 is 0 Å². The van der Waals surface area contributed by atoms with Gasteiger partial charge in [-0.2, -0.15) is 11.8 Å². The van der Waals surface area contributed by atoms with Crippen molar-refractivity contribution in [3.63, 3.8) is 0 Å². The molecule has 0 aliphatic carbocycles. The Morgan fingerprint density at radius 2 is 2.25 bits per heavy atom. The molecule has 1 aromatic rings. The van der Waals surface area contributed by atoms with Crippen molar-refractivity contribution in [3.05, 3.63) is 22.7 Å². The van der Waals surface area contributed by atoms with Crippen LogP contribution in [-0.4, -0.2) is 25.2 Å². The first kappa shape index (κ1) is 13.7. The first-order chi connectivity index (χ1) is 7.77. The average Bonchev–Trinajstić information content (AvgIpc) is 2.31.